The van der Waals surface area contributed by atoms with E-state index in [-0.39, 0.29) is 0 Å². The van der Waals surface area contributed by atoms with Gasteiger partial charge in [-0.15, -0.1) is 0 Å². The average Bonchev–Trinajstić information content (AvgIpc) is 2.15. The molecule has 1 aromatic rings. The fourth-order valence-corrected chi connectivity index (χ4v) is 1.16. The lowest BCUT2D eigenvalue weighted by molar-refractivity contribution is 1.27. The number of allylic oxidation sites excluding steroid dienone is 1. The maximum absolute atomic E-state index is 4.05. The van der Waals surface area contributed by atoms with Crippen molar-refractivity contribution in [3.05, 3.63) is 39.1 Å². The maximum Gasteiger partial charge on any atom is 0.0343 e. The minimum absolute atomic E-state index is 1.17. The van der Waals surface area contributed by atoms with Gasteiger partial charge in [0.1, 0.15) is 0 Å². The van der Waals surface area contributed by atoms with Crippen molar-refractivity contribution in [1.29, 1.82) is 0 Å². The third-order valence-corrected chi connectivity index (χ3v) is 1.96. The third-order valence-electron chi connectivity index (χ3n) is 1.55. The topological polar surface area (TPSA) is 12.9 Å². The molecule has 1 rings (SSSR count). The second kappa shape index (κ2) is 5.09. The van der Waals surface area contributed by atoms with Crippen LogP contribution in [0.15, 0.2) is 28.6 Å². The standard InChI is InChI=1S/C10H10IN/c1-2-9-8-12-7-5-10(9)4-3-6-11/h2-8H,1H3/b6-3+,9-2-,10-4-. The van der Waals surface area contributed by atoms with E-state index in [1.165, 1.54) is 10.4 Å². The molecular weight excluding hydrogens is 261 g/mol. The molecule has 0 unspecified atom stereocenters. The summed E-state index contributed by atoms with van der Waals surface area (Å²) in [6.45, 7) is 2.02. The highest BCUT2D eigenvalue weighted by atomic mass is 127. The van der Waals surface area contributed by atoms with Gasteiger partial charge in [-0.3, -0.25) is 4.98 Å². The van der Waals surface area contributed by atoms with Crippen LogP contribution in [0.4, 0.5) is 0 Å². The first kappa shape index (κ1) is 9.45. The van der Waals surface area contributed by atoms with Crippen molar-refractivity contribution < 1.29 is 0 Å². The van der Waals surface area contributed by atoms with Gasteiger partial charge in [0.2, 0.25) is 0 Å². The van der Waals surface area contributed by atoms with E-state index >= 15 is 0 Å². The van der Waals surface area contributed by atoms with E-state index < -0.39 is 0 Å². The van der Waals surface area contributed by atoms with Gasteiger partial charge in [-0.1, -0.05) is 40.8 Å². The molecule has 0 atom stereocenters. The first-order valence-corrected chi connectivity index (χ1v) is 4.96. The normalized spacial score (nSPS) is 14.5. The first-order valence-electron chi connectivity index (χ1n) is 3.72. The minimum Gasteiger partial charge on any atom is -0.264 e. The van der Waals surface area contributed by atoms with Gasteiger partial charge in [-0.25, -0.2) is 0 Å². The van der Waals surface area contributed by atoms with E-state index in [9.17, 15) is 0 Å². The number of hydrogen-bond donors (Lipinski definition) is 0. The number of aromatic nitrogens is 1. The van der Waals surface area contributed by atoms with Crippen molar-refractivity contribution in [1.82, 2.24) is 4.98 Å². The highest BCUT2D eigenvalue weighted by molar-refractivity contribution is 14.1. The summed E-state index contributed by atoms with van der Waals surface area (Å²) in [6.07, 6.45) is 9.82. The van der Waals surface area contributed by atoms with Crippen LogP contribution >= 0.6 is 22.6 Å². The molecular formula is C10H10IN. The van der Waals surface area contributed by atoms with Crippen LogP contribution in [0, 0.1) is 0 Å². The van der Waals surface area contributed by atoms with Crippen LogP contribution in [0.2, 0.25) is 0 Å². The van der Waals surface area contributed by atoms with E-state index in [2.05, 4.69) is 39.7 Å². The molecule has 0 fully saturated rings. The van der Waals surface area contributed by atoms with Gasteiger partial charge in [0.15, 0.2) is 0 Å². The second-order valence-electron chi connectivity index (χ2n) is 2.28. The van der Waals surface area contributed by atoms with Gasteiger partial charge in [0.25, 0.3) is 0 Å². The summed E-state index contributed by atoms with van der Waals surface area (Å²) in [5.74, 6) is 0. The Balaban J connectivity index is 3.33. The fourth-order valence-electron chi connectivity index (χ4n) is 0.950. The van der Waals surface area contributed by atoms with Crippen molar-refractivity contribution in [3.63, 3.8) is 0 Å². The Kier molecular flexibility index (Phi) is 4.00. The summed E-state index contributed by atoms with van der Waals surface area (Å²) in [6, 6.07) is 2.01. The Labute approximate surface area is 85.7 Å². The van der Waals surface area contributed by atoms with E-state index in [1.54, 1.807) is 6.20 Å². The van der Waals surface area contributed by atoms with Crippen LogP contribution in [0.1, 0.15) is 6.92 Å². The fraction of sp³-hybridized carbons (Fsp3) is 0.100. The zero-order chi connectivity index (χ0) is 8.81. The Morgan fingerprint density at radius 3 is 2.92 bits per heavy atom. The lowest BCUT2D eigenvalue weighted by Gasteiger charge is -1.85. The average molecular weight is 271 g/mol. The Morgan fingerprint density at radius 1 is 1.42 bits per heavy atom. The monoisotopic (exact) mass is 271 g/mol. The summed E-state index contributed by atoms with van der Waals surface area (Å²) in [7, 11) is 0. The molecule has 0 radical (unpaired) electrons. The van der Waals surface area contributed by atoms with Crippen molar-refractivity contribution in [3.8, 4) is 0 Å². The molecule has 2 heteroatoms. The molecule has 0 aromatic carbocycles. The summed E-state index contributed by atoms with van der Waals surface area (Å²) in [5.41, 5.74) is 0. The van der Waals surface area contributed by atoms with Crippen LogP contribution < -0.4 is 10.4 Å². The van der Waals surface area contributed by atoms with Gasteiger partial charge in [-0.05, 0) is 27.5 Å². The molecule has 0 amide bonds. The van der Waals surface area contributed by atoms with Gasteiger partial charge < -0.3 is 0 Å². The maximum atomic E-state index is 4.05. The zero-order valence-electron chi connectivity index (χ0n) is 6.87. The van der Waals surface area contributed by atoms with E-state index in [4.69, 9.17) is 0 Å². The van der Waals surface area contributed by atoms with Crippen molar-refractivity contribution in [2.24, 2.45) is 0 Å². The van der Waals surface area contributed by atoms with Crippen molar-refractivity contribution in [2.75, 3.05) is 0 Å². The van der Waals surface area contributed by atoms with Crippen molar-refractivity contribution in [2.45, 2.75) is 6.92 Å². The lowest BCUT2D eigenvalue weighted by atomic mass is 10.3. The third kappa shape index (κ3) is 2.44. The number of rotatable bonds is 1. The second-order valence-corrected chi connectivity index (χ2v) is 3.00. The van der Waals surface area contributed by atoms with Gasteiger partial charge >= 0.3 is 0 Å². The summed E-state index contributed by atoms with van der Waals surface area (Å²) in [5, 5.41) is 2.38. The van der Waals surface area contributed by atoms with Crippen LogP contribution in [0.3, 0.4) is 0 Å². The van der Waals surface area contributed by atoms with Crippen molar-refractivity contribution >= 4 is 34.7 Å². The summed E-state index contributed by atoms with van der Waals surface area (Å²) < 4.78 is 1.98. The molecule has 12 heavy (non-hydrogen) atoms. The van der Waals surface area contributed by atoms with E-state index in [1.807, 2.05) is 29.3 Å². The summed E-state index contributed by atoms with van der Waals surface area (Å²) >= 11 is 2.20. The molecule has 1 aromatic heterocycles. The molecule has 0 aliphatic heterocycles. The molecule has 0 aliphatic carbocycles. The van der Waals surface area contributed by atoms with Gasteiger partial charge in [0, 0.05) is 12.4 Å². The molecule has 1 nitrogen and oxygen atoms in total. The molecule has 62 valence electrons. The smallest absolute Gasteiger partial charge is 0.0343 e. The quantitative estimate of drug-likeness (QED) is 0.707. The van der Waals surface area contributed by atoms with E-state index in [0.29, 0.717) is 0 Å². The Morgan fingerprint density at radius 2 is 2.25 bits per heavy atom. The molecule has 0 saturated heterocycles. The largest absolute Gasteiger partial charge is 0.264 e. The lowest BCUT2D eigenvalue weighted by Crippen LogP contribution is -2.23. The minimum atomic E-state index is 1.17. The molecule has 0 N–H and O–H groups in total. The van der Waals surface area contributed by atoms with Crippen LogP contribution in [-0.2, 0) is 0 Å². The molecule has 0 saturated carbocycles. The highest BCUT2D eigenvalue weighted by Crippen LogP contribution is 1.82. The Bertz CT molecular complexity index is 379. The molecule has 0 aliphatic rings. The number of hydrogen-bond acceptors (Lipinski definition) is 1. The zero-order valence-corrected chi connectivity index (χ0v) is 9.02. The number of nitrogens with zero attached hydrogens (tertiary/aromatic N) is 1. The predicted octanol–water partition coefficient (Wildman–Crippen LogP) is 1.61. The van der Waals surface area contributed by atoms with Gasteiger partial charge in [0.05, 0.1) is 0 Å². The Hall–Kier alpha value is -0.640. The molecule has 0 bridgehead atoms. The van der Waals surface area contributed by atoms with Crippen LogP contribution in [0.5, 0.6) is 0 Å². The SMILES string of the molecule is C/C=c1/cncc/c1=C/C=C/I. The number of halogens is 1. The van der Waals surface area contributed by atoms with Gasteiger partial charge in [-0.2, -0.15) is 0 Å². The predicted molar refractivity (Wildman–Crippen MR) is 61.3 cm³/mol. The molecule has 1 heterocycles. The van der Waals surface area contributed by atoms with E-state index in [0.717, 1.165) is 0 Å². The molecule has 0 spiro atoms. The number of pyridine rings is 1. The first-order chi connectivity index (χ1) is 5.88. The van der Waals surface area contributed by atoms with Crippen LogP contribution in [0.25, 0.3) is 12.2 Å². The highest BCUT2D eigenvalue weighted by Gasteiger charge is 1.79. The van der Waals surface area contributed by atoms with Crippen LogP contribution in [-0.4, -0.2) is 4.98 Å². The summed E-state index contributed by atoms with van der Waals surface area (Å²) in [4.78, 5) is 4.05.